The number of aliphatic hydroxyl groups excluding tert-OH is 1. The van der Waals surface area contributed by atoms with E-state index in [0.29, 0.717) is 0 Å². The lowest BCUT2D eigenvalue weighted by atomic mass is 9.74. The fourth-order valence-corrected chi connectivity index (χ4v) is 4.43. The summed E-state index contributed by atoms with van der Waals surface area (Å²) in [6, 6.07) is 0. The fraction of sp³-hybridized carbons (Fsp3) is 0.941. The van der Waals surface area contributed by atoms with E-state index >= 15 is 0 Å². The maximum atomic E-state index is 12.3. The number of methoxy groups -OCH3 is 1. The third-order valence-electron chi connectivity index (χ3n) is 5.94. The van der Waals surface area contributed by atoms with Gasteiger partial charge in [0, 0.05) is 20.2 Å². The van der Waals surface area contributed by atoms with Gasteiger partial charge in [0.25, 0.3) is 0 Å². The van der Waals surface area contributed by atoms with Gasteiger partial charge in [-0.15, -0.1) is 0 Å². The van der Waals surface area contributed by atoms with Crippen LogP contribution in [0, 0.1) is 11.3 Å². The van der Waals surface area contributed by atoms with E-state index in [0.717, 1.165) is 44.8 Å². The van der Waals surface area contributed by atoms with Gasteiger partial charge in [-0.25, -0.2) is 0 Å². The molecule has 1 atom stereocenters. The number of piperidine rings is 1. The quantitative estimate of drug-likeness (QED) is 0.826. The van der Waals surface area contributed by atoms with Crippen molar-refractivity contribution in [3.8, 4) is 0 Å². The van der Waals surface area contributed by atoms with Crippen molar-refractivity contribution in [2.24, 2.45) is 11.3 Å². The second kappa shape index (κ2) is 6.10. The summed E-state index contributed by atoms with van der Waals surface area (Å²) in [4.78, 5) is 16.8. The molecule has 3 fully saturated rings. The lowest BCUT2D eigenvalue weighted by Crippen LogP contribution is -2.49. The minimum Gasteiger partial charge on any atom is -0.394 e. The van der Waals surface area contributed by atoms with E-state index in [-0.39, 0.29) is 24.5 Å². The molecular formula is C17H30N2O3. The zero-order valence-corrected chi connectivity index (χ0v) is 14.0. The molecule has 1 saturated carbocycles. The zero-order valence-electron chi connectivity index (χ0n) is 14.0. The van der Waals surface area contributed by atoms with E-state index in [1.165, 1.54) is 19.4 Å². The molecule has 1 aliphatic carbocycles. The van der Waals surface area contributed by atoms with Crippen LogP contribution in [0.25, 0.3) is 0 Å². The molecule has 1 spiro atoms. The first kappa shape index (κ1) is 16.2. The Morgan fingerprint density at radius 1 is 1.32 bits per heavy atom. The lowest BCUT2D eigenvalue weighted by molar-refractivity contribution is -0.140. The number of hydrogen-bond donors (Lipinski definition) is 1. The fourth-order valence-electron chi connectivity index (χ4n) is 4.43. The largest absolute Gasteiger partial charge is 0.394 e. The van der Waals surface area contributed by atoms with Gasteiger partial charge in [0.15, 0.2) is 0 Å². The van der Waals surface area contributed by atoms with Gasteiger partial charge in [0.2, 0.25) is 5.91 Å². The summed E-state index contributed by atoms with van der Waals surface area (Å²) in [5.41, 5.74) is -0.227. The van der Waals surface area contributed by atoms with Crippen LogP contribution in [0.5, 0.6) is 0 Å². The van der Waals surface area contributed by atoms with Gasteiger partial charge in [-0.3, -0.25) is 4.79 Å². The van der Waals surface area contributed by atoms with Crippen LogP contribution in [0.15, 0.2) is 0 Å². The molecule has 0 bridgehead atoms. The zero-order chi connectivity index (χ0) is 15.8. The third-order valence-corrected chi connectivity index (χ3v) is 5.94. The summed E-state index contributed by atoms with van der Waals surface area (Å²) < 4.78 is 5.02. The van der Waals surface area contributed by atoms with Crippen molar-refractivity contribution in [2.45, 2.75) is 44.6 Å². The minimum atomic E-state index is -0.422. The smallest absolute Gasteiger partial charge is 0.249 e. The molecule has 1 amide bonds. The Balaban J connectivity index is 1.64. The number of carbonyl (C=O) groups is 1. The van der Waals surface area contributed by atoms with Crippen LogP contribution in [0.3, 0.4) is 0 Å². The summed E-state index contributed by atoms with van der Waals surface area (Å²) in [6.45, 7) is 6.50. The molecule has 0 aromatic rings. The molecule has 2 aliphatic heterocycles. The van der Waals surface area contributed by atoms with Crippen LogP contribution in [0.1, 0.15) is 39.0 Å². The van der Waals surface area contributed by atoms with Crippen LogP contribution >= 0.6 is 0 Å². The Labute approximate surface area is 133 Å². The third kappa shape index (κ3) is 3.17. The highest BCUT2D eigenvalue weighted by molar-refractivity contribution is 5.78. The highest BCUT2D eigenvalue weighted by Gasteiger charge is 2.52. The summed E-state index contributed by atoms with van der Waals surface area (Å²) in [6.07, 6.45) is 6.02. The van der Waals surface area contributed by atoms with Crippen molar-refractivity contribution < 1.29 is 14.6 Å². The monoisotopic (exact) mass is 310 g/mol. The van der Waals surface area contributed by atoms with Gasteiger partial charge in [0.05, 0.1) is 12.1 Å². The number of aliphatic hydroxyl groups is 1. The minimum absolute atomic E-state index is 0.0105. The van der Waals surface area contributed by atoms with Gasteiger partial charge >= 0.3 is 0 Å². The molecule has 0 unspecified atom stereocenters. The first-order valence-corrected chi connectivity index (χ1v) is 8.63. The van der Waals surface area contributed by atoms with Crippen molar-refractivity contribution in [2.75, 3.05) is 46.5 Å². The number of amides is 1. The predicted octanol–water partition coefficient (Wildman–Crippen LogP) is 1.11. The molecule has 5 heteroatoms. The van der Waals surface area contributed by atoms with E-state index in [4.69, 9.17) is 4.74 Å². The van der Waals surface area contributed by atoms with Crippen LogP contribution < -0.4 is 0 Å². The number of rotatable bonds is 5. The van der Waals surface area contributed by atoms with Crippen molar-refractivity contribution >= 4 is 5.91 Å². The Morgan fingerprint density at radius 2 is 2.00 bits per heavy atom. The van der Waals surface area contributed by atoms with Crippen LogP contribution in [-0.4, -0.2) is 72.9 Å². The Hall–Kier alpha value is -0.650. The van der Waals surface area contributed by atoms with Crippen LogP contribution in [0.4, 0.5) is 0 Å². The molecule has 2 heterocycles. The van der Waals surface area contributed by atoms with Gasteiger partial charge < -0.3 is 19.6 Å². The highest BCUT2D eigenvalue weighted by Crippen LogP contribution is 2.48. The van der Waals surface area contributed by atoms with E-state index in [1.54, 1.807) is 7.11 Å². The molecule has 0 aromatic heterocycles. The summed E-state index contributed by atoms with van der Waals surface area (Å²) in [7, 11) is 1.55. The van der Waals surface area contributed by atoms with Gasteiger partial charge in [-0.1, -0.05) is 0 Å². The van der Waals surface area contributed by atoms with E-state index in [9.17, 15) is 9.90 Å². The summed E-state index contributed by atoms with van der Waals surface area (Å²) >= 11 is 0. The molecular weight excluding hydrogens is 280 g/mol. The van der Waals surface area contributed by atoms with Gasteiger partial charge in [-0.2, -0.15) is 0 Å². The number of likely N-dealkylation sites (tertiary alicyclic amines) is 2. The molecule has 3 aliphatic rings. The first-order chi connectivity index (χ1) is 10.5. The van der Waals surface area contributed by atoms with Gasteiger partial charge in [-0.05, 0) is 63.5 Å². The van der Waals surface area contributed by atoms with Crippen molar-refractivity contribution in [3.63, 3.8) is 0 Å². The molecule has 2 saturated heterocycles. The van der Waals surface area contributed by atoms with Crippen molar-refractivity contribution in [1.29, 1.82) is 0 Å². The average Bonchev–Trinajstić information content (AvgIpc) is 3.26. The molecule has 22 heavy (non-hydrogen) atoms. The van der Waals surface area contributed by atoms with Crippen molar-refractivity contribution in [3.05, 3.63) is 0 Å². The van der Waals surface area contributed by atoms with E-state index < -0.39 is 5.54 Å². The molecule has 0 aromatic carbocycles. The molecule has 3 rings (SSSR count). The first-order valence-electron chi connectivity index (χ1n) is 8.63. The molecule has 126 valence electrons. The lowest BCUT2D eigenvalue weighted by Gasteiger charge is -2.39. The summed E-state index contributed by atoms with van der Waals surface area (Å²) in [5, 5.41) is 9.86. The number of carbonyl (C=O) groups excluding carboxylic acids is 1. The Kier molecular flexibility index (Phi) is 4.49. The van der Waals surface area contributed by atoms with Crippen LogP contribution in [0.2, 0.25) is 0 Å². The second-order valence-electron chi connectivity index (χ2n) is 7.99. The molecule has 1 N–H and O–H groups in total. The normalized spacial score (nSPS) is 31.9. The van der Waals surface area contributed by atoms with E-state index in [2.05, 4.69) is 4.90 Å². The SMILES string of the molecule is COCC(=O)N1CC2(CCN(CC3CC3)CC2)C[C@]1(C)CO. The number of nitrogens with zero attached hydrogens (tertiary/aromatic N) is 2. The van der Waals surface area contributed by atoms with Crippen molar-refractivity contribution in [1.82, 2.24) is 9.80 Å². The topological polar surface area (TPSA) is 53.0 Å². The maximum absolute atomic E-state index is 12.3. The highest BCUT2D eigenvalue weighted by atomic mass is 16.5. The number of hydrogen-bond acceptors (Lipinski definition) is 4. The average molecular weight is 310 g/mol. The number of ether oxygens (including phenoxy) is 1. The molecule has 0 radical (unpaired) electrons. The second-order valence-corrected chi connectivity index (χ2v) is 7.99. The Bertz CT molecular complexity index is 416. The van der Waals surface area contributed by atoms with Crippen LogP contribution in [-0.2, 0) is 9.53 Å². The van der Waals surface area contributed by atoms with E-state index in [1.807, 2.05) is 11.8 Å². The Morgan fingerprint density at radius 3 is 2.55 bits per heavy atom. The predicted molar refractivity (Wildman–Crippen MR) is 84.5 cm³/mol. The maximum Gasteiger partial charge on any atom is 0.249 e. The molecule has 5 nitrogen and oxygen atoms in total. The van der Waals surface area contributed by atoms with Gasteiger partial charge in [0.1, 0.15) is 6.61 Å². The summed E-state index contributed by atoms with van der Waals surface area (Å²) in [5.74, 6) is 0.955. The standard InChI is InChI=1S/C17H30N2O3/c1-16(13-20)11-17(12-19(16)15(21)10-22-2)5-7-18(8-6-17)9-14-3-4-14/h14,20H,3-13H2,1-2H3/t16-/m1/s1.